The van der Waals surface area contributed by atoms with Gasteiger partial charge in [0.1, 0.15) is 24.1 Å². The standard InChI is InChI=1S/C22H19Cl2N3O3S/c1-2-29-19(28)12-27-21(20(26-22(27)31)16-5-3-4-10-25-16)18-9-8-17(30-18)13-6-7-14(23)15(24)11-13/h3-11,20-21H,2,12H2,1H3,(H,26,31)/t20-,21-/m0/s1. The Morgan fingerprint density at radius 1 is 1.23 bits per heavy atom. The van der Waals surface area contributed by atoms with Crippen LogP contribution >= 0.6 is 35.4 Å². The number of carbonyl (C=O) groups is 1. The van der Waals surface area contributed by atoms with Crippen LogP contribution in [0.1, 0.15) is 30.5 Å². The van der Waals surface area contributed by atoms with Gasteiger partial charge in [0, 0.05) is 11.8 Å². The van der Waals surface area contributed by atoms with E-state index in [9.17, 15) is 4.79 Å². The molecule has 1 aromatic carbocycles. The molecule has 0 radical (unpaired) electrons. The van der Waals surface area contributed by atoms with Crippen LogP contribution in [0.15, 0.2) is 59.1 Å². The average Bonchev–Trinajstić information content (AvgIpc) is 3.36. The first-order valence-electron chi connectivity index (χ1n) is 9.66. The zero-order valence-electron chi connectivity index (χ0n) is 16.5. The predicted octanol–water partition coefficient (Wildman–Crippen LogP) is 5.18. The minimum atomic E-state index is -0.386. The van der Waals surface area contributed by atoms with Crippen molar-refractivity contribution < 1.29 is 13.9 Å². The SMILES string of the molecule is CCOC(=O)CN1C(=S)N[C@@H](c2ccccn2)[C@@H]1c1ccc(-c2ccc(Cl)c(Cl)c2)o1. The van der Waals surface area contributed by atoms with Crippen LogP contribution in [0.2, 0.25) is 10.0 Å². The van der Waals surface area contributed by atoms with Gasteiger partial charge in [0.05, 0.1) is 28.4 Å². The molecule has 160 valence electrons. The van der Waals surface area contributed by atoms with Gasteiger partial charge < -0.3 is 19.4 Å². The zero-order chi connectivity index (χ0) is 22.0. The Morgan fingerprint density at radius 2 is 2.06 bits per heavy atom. The lowest BCUT2D eigenvalue weighted by Gasteiger charge is -2.25. The summed E-state index contributed by atoms with van der Waals surface area (Å²) in [5.41, 5.74) is 1.58. The Kier molecular flexibility index (Phi) is 6.46. The van der Waals surface area contributed by atoms with Gasteiger partial charge in [-0.1, -0.05) is 29.3 Å². The van der Waals surface area contributed by atoms with Crippen molar-refractivity contribution in [1.29, 1.82) is 0 Å². The second-order valence-corrected chi connectivity index (χ2v) is 8.09. The molecule has 1 aliphatic rings. The number of halogens is 2. The summed E-state index contributed by atoms with van der Waals surface area (Å²) in [5, 5.41) is 4.61. The number of hydrogen-bond acceptors (Lipinski definition) is 5. The molecule has 3 aromatic rings. The number of benzene rings is 1. The minimum absolute atomic E-state index is 0.00349. The van der Waals surface area contributed by atoms with Crippen molar-refractivity contribution in [3.63, 3.8) is 0 Å². The first kappa shape index (κ1) is 21.6. The maximum Gasteiger partial charge on any atom is 0.325 e. The highest BCUT2D eigenvalue weighted by molar-refractivity contribution is 7.80. The Hall–Kier alpha value is -2.61. The summed E-state index contributed by atoms with van der Waals surface area (Å²) in [5.74, 6) is 0.894. The quantitative estimate of drug-likeness (QED) is 0.388. The number of nitrogens with zero attached hydrogens (tertiary/aromatic N) is 2. The fraction of sp³-hybridized carbons (Fsp3) is 0.227. The van der Waals surface area contributed by atoms with Gasteiger partial charge in [0.15, 0.2) is 5.11 Å². The maximum absolute atomic E-state index is 12.2. The van der Waals surface area contributed by atoms with Gasteiger partial charge in [0.2, 0.25) is 0 Å². The topological polar surface area (TPSA) is 67.6 Å². The lowest BCUT2D eigenvalue weighted by atomic mass is 10.0. The van der Waals surface area contributed by atoms with Crippen LogP contribution in [-0.4, -0.2) is 34.1 Å². The van der Waals surface area contributed by atoms with Crippen molar-refractivity contribution in [2.45, 2.75) is 19.0 Å². The summed E-state index contributed by atoms with van der Waals surface area (Å²) < 4.78 is 11.3. The van der Waals surface area contributed by atoms with Crippen molar-refractivity contribution in [3.05, 3.63) is 76.2 Å². The Morgan fingerprint density at radius 3 is 2.77 bits per heavy atom. The largest absolute Gasteiger partial charge is 0.465 e. The van der Waals surface area contributed by atoms with Crippen LogP contribution in [0.4, 0.5) is 0 Å². The highest BCUT2D eigenvalue weighted by atomic mass is 35.5. The first-order chi connectivity index (χ1) is 15.0. The molecule has 1 N–H and O–H groups in total. The third-order valence-corrected chi connectivity index (χ3v) is 6.02. The molecule has 0 saturated carbocycles. The van der Waals surface area contributed by atoms with Gasteiger partial charge in [-0.25, -0.2) is 0 Å². The fourth-order valence-electron chi connectivity index (χ4n) is 3.55. The number of thiocarbonyl (C=S) groups is 1. The van der Waals surface area contributed by atoms with Crippen LogP contribution in [0.5, 0.6) is 0 Å². The molecule has 2 aromatic heterocycles. The smallest absolute Gasteiger partial charge is 0.325 e. The lowest BCUT2D eigenvalue weighted by Crippen LogP contribution is -2.35. The van der Waals surface area contributed by atoms with E-state index in [1.165, 1.54) is 0 Å². The maximum atomic E-state index is 12.2. The molecule has 4 rings (SSSR count). The molecule has 0 spiro atoms. The van der Waals surface area contributed by atoms with Crippen molar-refractivity contribution in [3.8, 4) is 11.3 Å². The van der Waals surface area contributed by atoms with Crippen molar-refractivity contribution in [1.82, 2.24) is 15.2 Å². The number of rotatable bonds is 6. The van der Waals surface area contributed by atoms with E-state index in [0.29, 0.717) is 33.3 Å². The van der Waals surface area contributed by atoms with E-state index in [1.54, 1.807) is 30.2 Å². The fourth-order valence-corrected chi connectivity index (χ4v) is 4.15. The van der Waals surface area contributed by atoms with Gasteiger partial charge in [-0.2, -0.15) is 0 Å². The van der Waals surface area contributed by atoms with E-state index >= 15 is 0 Å². The molecule has 0 amide bonds. The molecule has 2 atom stereocenters. The number of esters is 1. The van der Waals surface area contributed by atoms with Gasteiger partial charge >= 0.3 is 5.97 Å². The molecule has 0 aliphatic carbocycles. The normalized spacial score (nSPS) is 18.2. The minimum Gasteiger partial charge on any atom is -0.465 e. The second-order valence-electron chi connectivity index (χ2n) is 6.89. The van der Waals surface area contributed by atoms with Gasteiger partial charge in [-0.15, -0.1) is 0 Å². The molecule has 6 nitrogen and oxygen atoms in total. The number of pyridine rings is 1. The van der Waals surface area contributed by atoms with E-state index in [0.717, 1.165) is 11.3 Å². The van der Waals surface area contributed by atoms with E-state index in [2.05, 4.69) is 10.3 Å². The molecule has 0 bridgehead atoms. The summed E-state index contributed by atoms with van der Waals surface area (Å²) in [4.78, 5) is 18.5. The highest BCUT2D eigenvalue weighted by Crippen LogP contribution is 2.40. The third kappa shape index (κ3) is 4.54. The summed E-state index contributed by atoms with van der Waals surface area (Å²) >= 11 is 17.7. The van der Waals surface area contributed by atoms with Crippen molar-refractivity contribution in [2.24, 2.45) is 0 Å². The van der Waals surface area contributed by atoms with Crippen LogP contribution < -0.4 is 5.32 Å². The van der Waals surface area contributed by atoms with E-state index in [-0.39, 0.29) is 24.6 Å². The number of hydrogen-bond donors (Lipinski definition) is 1. The molecule has 31 heavy (non-hydrogen) atoms. The Balaban J connectivity index is 1.71. The monoisotopic (exact) mass is 475 g/mol. The first-order valence-corrected chi connectivity index (χ1v) is 10.8. The van der Waals surface area contributed by atoms with Crippen LogP contribution in [-0.2, 0) is 9.53 Å². The average molecular weight is 476 g/mol. The van der Waals surface area contributed by atoms with Crippen molar-refractivity contribution in [2.75, 3.05) is 13.2 Å². The Bertz CT molecular complexity index is 1110. The third-order valence-electron chi connectivity index (χ3n) is 4.92. The van der Waals surface area contributed by atoms with Gasteiger partial charge in [-0.3, -0.25) is 9.78 Å². The highest BCUT2D eigenvalue weighted by Gasteiger charge is 2.42. The van der Waals surface area contributed by atoms with E-state index in [1.807, 2.05) is 36.4 Å². The van der Waals surface area contributed by atoms with E-state index < -0.39 is 0 Å². The molecule has 0 unspecified atom stereocenters. The molecule has 3 heterocycles. The molecular weight excluding hydrogens is 457 g/mol. The van der Waals surface area contributed by atoms with Crippen molar-refractivity contribution >= 4 is 46.5 Å². The number of ether oxygens (including phenoxy) is 1. The summed E-state index contributed by atoms with van der Waals surface area (Å²) in [6.07, 6.45) is 1.72. The van der Waals surface area contributed by atoms with Crippen LogP contribution in [0.3, 0.4) is 0 Å². The number of aromatic nitrogens is 1. The van der Waals surface area contributed by atoms with Gasteiger partial charge in [-0.05, 0) is 61.6 Å². The van der Waals surface area contributed by atoms with E-state index in [4.69, 9.17) is 44.6 Å². The molecule has 1 aliphatic heterocycles. The molecule has 1 fully saturated rings. The predicted molar refractivity (Wildman–Crippen MR) is 123 cm³/mol. The lowest BCUT2D eigenvalue weighted by molar-refractivity contribution is -0.143. The Labute approximate surface area is 195 Å². The second kappa shape index (κ2) is 9.26. The molecule has 1 saturated heterocycles. The number of carbonyl (C=O) groups excluding carboxylic acids is 1. The van der Waals surface area contributed by atoms with Crippen LogP contribution in [0.25, 0.3) is 11.3 Å². The summed E-state index contributed by atoms with van der Waals surface area (Å²) in [6.45, 7) is 2.06. The number of nitrogens with one attached hydrogen (secondary N) is 1. The summed E-state index contributed by atoms with van der Waals surface area (Å²) in [6, 6.07) is 14.0. The summed E-state index contributed by atoms with van der Waals surface area (Å²) in [7, 11) is 0. The van der Waals surface area contributed by atoms with Gasteiger partial charge in [0.25, 0.3) is 0 Å². The number of furan rings is 1. The molecular formula is C22H19Cl2N3O3S. The zero-order valence-corrected chi connectivity index (χ0v) is 18.9. The van der Waals surface area contributed by atoms with Crippen LogP contribution in [0, 0.1) is 0 Å². The molecule has 9 heteroatoms.